The van der Waals surface area contributed by atoms with Crippen molar-refractivity contribution >= 4 is 49.1 Å². The van der Waals surface area contributed by atoms with Crippen LogP contribution in [0.1, 0.15) is 15.2 Å². The first-order valence-electron chi connectivity index (χ1n) is 4.77. The van der Waals surface area contributed by atoms with Crippen molar-refractivity contribution in [1.82, 2.24) is 10.3 Å². The number of nitrogens with one attached hydrogen (secondary N) is 1. The van der Waals surface area contributed by atoms with Crippen LogP contribution in [-0.2, 0) is 6.54 Å². The minimum atomic E-state index is -0.122. The summed E-state index contributed by atoms with van der Waals surface area (Å²) in [5.74, 6) is -0.122. The van der Waals surface area contributed by atoms with Crippen molar-refractivity contribution in [1.29, 1.82) is 0 Å². The van der Waals surface area contributed by atoms with Gasteiger partial charge in [-0.1, -0.05) is 0 Å². The summed E-state index contributed by atoms with van der Waals surface area (Å²) in [4.78, 5) is 16.9. The topological polar surface area (TPSA) is 42.0 Å². The van der Waals surface area contributed by atoms with Crippen LogP contribution >= 0.6 is 43.2 Å². The Bertz CT molecular complexity index is 542. The Labute approximate surface area is 120 Å². The summed E-state index contributed by atoms with van der Waals surface area (Å²) in [7, 11) is 0. The van der Waals surface area contributed by atoms with E-state index in [0.29, 0.717) is 12.1 Å². The highest BCUT2D eigenvalue weighted by molar-refractivity contribution is 9.10. The molecule has 0 bridgehead atoms. The van der Waals surface area contributed by atoms with Crippen LogP contribution in [0.25, 0.3) is 0 Å². The van der Waals surface area contributed by atoms with Crippen LogP contribution in [0, 0.1) is 0 Å². The fourth-order valence-electron chi connectivity index (χ4n) is 1.25. The molecule has 0 aliphatic heterocycles. The second-order valence-electron chi connectivity index (χ2n) is 3.31. The van der Waals surface area contributed by atoms with Crippen LogP contribution in [0.3, 0.4) is 0 Å². The van der Waals surface area contributed by atoms with Crippen molar-refractivity contribution in [3.8, 4) is 0 Å². The summed E-state index contributed by atoms with van der Waals surface area (Å²) in [5, 5.41) is 4.83. The van der Waals surface area contributed by atoms with Crippen molar-refractivity contribution < 1.29 is 4.79 Å². The summed E-state index contributed by atoms with van der Waals surface area (Å²) < 4.78 is 1.83. The van der Waals surface area contributed by atoms with Gasteiger partial charge in [0.05, 0.1) is 12.1 Å². The molecule has 1 N–H and O–H groups in total. The van der Waals surface area contributed by atoms with Gasteiger partial charge in [0.25, 0.3) is 5.91 Å². The molecule has 3 nitrogen and oxygen atoms in total. The number of aromatic nitrogens is 1. The van der Waals surface area contributed by atoms with Crippen LogP contribution in [0.15, 0.2) is 38.9 Å². The summed E-state index contributed by atoms with van der Waals surface area (Å²) in [6.07, 6.45) is 3.19. The van der Waals surface area contributed by atoms with Crippen LogP contribution in [0.2, 0.25) is 0 Å². The number of rotatable bonds is 3. The number of halogens is 2. The Morgan fingerprint density at radius 2 is 2.12 bits per heavy atom. The van der Waals surface area contributed by atoms with Crippen LogP contribution in [0.5, 0.6) is 0 Å². The van der Waals surface area contributed by atoms with Gasteiger partial charge in [-0.15, -0.1) is 11.3 Å². The van der Waals surface area contributed by atoms with E-state index in [9.17, 15) is 4.79 Å². The third-order valence-electron chi connectivity index (χ3n) is 2.01. The second-order valence-corrected chi connectivity index (χ2v) is 6.13. The van der Waals surface area contributed by atoms with E-state index < -0.39 is 0 Å². The molecule has 2 rings (SSSR count). The maximum Gasteiger partial charge on any atom is 0.253 e. The lowest BCUT2D eigenvalue weighted by Crippen LogP contribution is -2.22. The fraction of sp³-hybridized carbons (Fsp3) is 0.0909. The molecule has 17 heavy (non-hydrogen) atoms. The predicted molar refractivity (Wildman–Crippen MR) is 75.1 cm³/mol. The number of nitrogens with zero attached hydrogens (tertiary/aromatic N) is 1. The number of carbonyl (C=O) groups is 1. The molecule has 2 aromatic rings. The molecule has 0 atom stereocenters. The lowest BCUT2D eigenvalue weighted by atomic mass is 10.2. The number of pyridine rings is 1. The van der Waals surface area contributed by atoms with Crippen molar-refractivity contribution in [3.63, 3.8) is 0 Å². The Morgan fingerprint density at radius 3 is 2.76 bits per heavy atom. The maximum atomic E-state index is 11.8. The summed E-state index contributed by atoms with van der Waals surface area (Å²) in [6.45, 7) is 0.529. The van der Waals surface area contributed by atoms with Gasteiger partial charge in [-0.05, 0) is 44.0 Å². The number of hydrogen-bond acceptors (Lipinski definition) is 3. The molecular weight excluding hydrogens is 368 g/mol. The largest absolute Gasteiger partial charge is 0.347 e. The maximum absolute atomic E-state index is 11.8. The first kappa shape index (κ1) is 12.7. The Kier molecular flexibility index (Phi) is 4.31. The highest BCUT2D eigenvalue weighted by Gasteiger charge is 2.06. The zero-order valence-corrected chi connectivity index (χ0v) is 12.6. The van der Waals surface area contributed by atoms with Crippen LogP contribution in [-0.4, -0.2) is 10.9 Å². The normalized spacial score (nSPS) is 10.2. The van der Waals surface area contributed by atoms with Crippen molar-refractivity contribution in [2.24, 2.45) is 0 Å². The Balaban J connectivity index is 1.98. The van der Waals surface area contributed by atoms with E-state index in [0.717, 1.165) is 13.8 Å². The van der Waals surface area contributed by atoms with Gasteiger partial charge in [0.1, 0.15) is 0 Å². The van der Waals surface area contributed by atoms with Gasteiger partial charge >= 0.3 is 0 Å². The van der Waals surface area contributed by atoms with E-state index in [1.807, 2.05) is 11.4 Å². The molecule has 0 spiro atoms. The minimum Gasteiger partial charge on any atom is -0.347 e. The number of carbonyl (C=O) groups excluding carboxylic acids is 1. The van der Waals surface area contributed by atoms with Gasteiger partial charge in [0.15, 0.2) is 0 Å². The van der Waals surface area contributed by atoms with Crippen molar-refractivity contribution in [2.75, 3.05) is 0 Å². The molecule has 88 valence electrons. The average molecular weight is 376 g/mol. The monoisotopic (exact) mass is 374 g/mol. The van der Waals surface area contributed by atoms with Gasteiger partial charge in [-0.2, -0.15) is 0 Å². The molecule has 2 aromatic heterocycles. The zero-order chi connectivity index (χ0) is 12.3. The molecule has 0 saturated heterocycles. The van der Waals surface area contributed by atoms with Gasteiger partial charge < -0.3 is 5.32 Å². The highest BCUT2D eigenvalue weighted by atomic mass is 79.9. The Morgan fingerprint density at radius 1 is 1.29 bits per heavy atom. The summed E-state index contributed by atoms with van der Waals surface area (Å²) in [5.41, 5.74) is 0.551. The van der Waals surface area contributed by atoms with Gasteiger partial charge in [-0.3, -0.25) is 9.78 Å². The van der Waals surface area contributed by atoms with E-state index in [1.165, 1.54) is 0 Å². The average Bonchev–Trinajstić information content (AvgIpc) is 2.72. The molecule has 0 fully saturated rings. The highest BCUT2D eigenvalue weighted by Crippen LogP contribution is 2.19. The molecule has 2 heterocycles. The predicted octanol–water partition coefficient (Wildman–Crippen LogP) is 3.60. The zero-order valence-electron chi connectivity index (χ0n) is 8.61. The van der Waals surface area contributed by atoms with Gasteiger partial charge in [-0.25, -0.2) is 0 Å². The third-order valence-corrected chi connectivity index (χ3v) is 4.14. The van der Waals surface area contributed by atoms with E-state index in [-0.39, 0.29) is 5.91 Å². The molecule has 0 radical (unpaired) electrons. The van der Waals surface area contributed by atoms with Crippen molar-refractivity contribution in [3.05, 3.63) is 49.3 Å². The lowest BCUT2D eigenvalue weighted by Gasteiger charge is -2.03. The molecule has 0 saturated carbocycles. The molecule has 1 amide bonds. The quantitative estimate of drug-likeness (QED) is 0.890. The van der Waals surface area contributed by atoms with Crippen LogP contribution < -0.4 is 5.32 Å². The van der Waals surface area contributed by atoms with E-state index in [1.54, 1.807) is 29.8 Å². The van der Waals surface area contributed by atoms with E-state index >= 15 is 0 Å². The number of hydrogen-bond donors (Lipinski definition) is 1. The molecule has 6 heteroatoms. The first-order valence-corrected chi connectivity index (χ1v) is 7.23. The SMILES string of the molecule is O=C(NCc1cc(Br)cs1)c1cncc(Br)c1. The lowest BCUT2D eigenvalue weighted by molar-refractivity contribution is 0.0951. The van der Waals surface area contributed by atoms with Crippen molar-refractivity contribution in [2.45, 2.75) is 6.54 Å². The number of amides is 1. The molecule has 0 aromatic carbocycles. The number of thiophene rings is 1. The smallest absolute Gasteiger partial charge is 0.253 e. The van der Waals surface area contributed by atoms with E-state index in [2.05, 4.69) is 42.2 Å². The van der Waals surface area contributed by atoms with Gasteiger partial charge in [0, 0.05) is 31.6 Å². The molecule has 0 aliphatic rings. The molecule has 0 unspecified atom stereocenters. The van der Waals surface area contributed by atoms with Crippen LogP contribution in [0.4, 0.5) is 0 Å². The molecule has 0 aliphatic carbocycles. The minimum absolute atomic E-state index is 0.122. The van der Waals surface area contributed by atoms with E-state index in [4.69, 9.17) is 0 Å². The standard InChI is InChI=1S/C11H8Br2N2OS/c12-8-1-7(3-14-4-8)11(16)15-5-10-2-9(13)6-17-10/h1-4,6H,5H2,(H,15,16). The second kappa shape index (κ2) is 5.75. The third kappa shape index (κ3) is 3.62. The fourth-order valence-corrected chi connectivity index (χ4v) is 3.01. The first-order chi connectivity index (χ1) is 8.15. The Hall–Kier alpha value is -0.720. The van der Waals surface area contributed by atoms with Gasteiger partial charge in [0.2, 0.25) is 0 Å². The summed E-state index contributed by atoms with van der Waals surface area (Å²) in [6, 6.07) is 3.73. The summed E-state index contributed by atoms with van der Waals surface area (Å²) >= 11 is 8.26. The molecular formula is C11H8Br2N2OS.